The summed E-state index contributed by atoms with van der Waals surface area (Å²) in [5.74, 6) is 2.75. The maximum absolute atomic E-state index is 5.94. The van der Waals surface area contributed by atoms with Crippen LogP contribution in [-0.2, 0) is 0 Å². The second-order valence-corrected chi connectivity index (χ2v) is 6.45. The van der Waals surface area contributed by atoms with E-state index in [-0.39, 0.29) is 6.10 Å². The van der Waals surface area contributed by atoms with Crippen LogP contribution in [0.15, 0.2) is 18.2 Å². The Morgan fingerprint density at radius 2 is 1.65 bits per heavy atom. The molecule has 0 saturated carbocycles. The van der Waals surface area contributed by atoms with E-state index < -0.39 is 0 Å². The summed E-state index contributed by atoms with van der Waals surface area (Å²) in [7, 11) is 0. The van der Waals surface area contributed by atoms with Gasteiger partial charge in [-0.3, -0.25) is 0 Å². The summed E-state index contributed by atoms with van der Waals surface area (Å²) in [6.45, 7) is 14.1. The van der Waals surface area contributed by atoms with Crippen molar-refractivity contribution in [1.29, 1.82) is 0 Å². The van der Waals surface area contributed by atoms with Gasteiger partial charge >= 0.3 is 0 Å². The van der Waals surface area contributed by atoms with Gasteiger partial charge in [-0.15, -0.1) is 0 Å². The molecule has 0 aliphatic carbocycles. The summed E-state index contributed by atoms with van der Waals surface area (Å²) in [5, 5.41) is 3.51. The predicted molar refractivity (Wildman–Crippen MR) is 88.3 cm³/mol. The van der Waals surface area contributed by atoms with Crippen molar-refractivity contribution < 1.29 is 4.74 Å². The van der Waals surface area contributed by atoms with E-state index in [0.29, 0.717) is 23.4 Å². The van der Waals surface area contributed by atoms with E-state index in [0.717, 1.165) is 18.0 Å². The van der Waals surface area contributed by atoms with Crippen LogP contribution < -0.4 is 15.8 Å². The fraction of sp³-hybridized carbons (Fsp3) is 0.647. The molecule has 20 heavy (non-hydrogen) atoms. The lowest BCUT2D eigenvalue weighted by Crippen LogP contribution is -2.24. The van der Waals surface area contributed by atoms with Crippen LogP contribution in [0, 0.1) is 17.8 Å². The highest BCUT2D eigenvalue weighted by atomic mass is 16.5. The summed E-state index contributed by atoms with van der Waals surface area (Å²) in [6, 6.07) is 5.91. The Kier molecular flexibility index (Phi) is 6.18. The van der Waals surface area contributed by atoms with E-state index in [1.807, 2.05) is 32.0 Å². The minimum atomic E-state index is 0.131. The van der Waals surface area contributed by atoms with Gasteiger partial charge in [-0.1, -0.05) is 27.7 Å². The second-order valence-electron chi connectivity index (χ2n) is 6.45. The SMILES string of the molecule is CC(C)Oc1cc(NCC(C(C)C)C(C)C)ccc1N. The Morgan fingerprint density at radius 3 is 2.15 bits per heavy atom. The number of rotatable bonds is 7. The van der Waals surface area contributed by atoms with Gasteiger partial charge in [0, 0.05) is 18.3 Å². The van der Waals surface area contributed by atoms with E-state index in [1.54, 1.807) is 0 Å². The molecule has 1 rings (SSSR count). The Morgan fingerprint density at radius 1 is 1.05 bits per heavy atom. The molecule has 0 spiro atoms. The van der Waals surface area contributed by atoms with Gasteiger partial charge in [0.25, 0.3) is 0 Å². The summed E-state index contributed by atoms with van der Waals surface area (Å²) in [6.07, 6.45) is 0.131. The molecule has 0 aliphatic heterocycles. The number of ether oxygens (including phenoxy) is 1. The highest BCUT2D eigenvalue weighted by Crippen LogP contribution is 2.27. The smallest absolute Gasteiger partial charge is 0.144 e. The lowest BCUT2D eigenvalue weighted by molar-refractivity contribution is 0.244. The van der Waals surface area contributed by atoms with Crippen LogP contribution in [0.25, 0.3) is 0 Å². The van der Waals surface area contributed by atoms with Crippen molar-refractivity contribution in [3.05, 3.63) is 18.2 Å². The van der Waals surface area contributed by atoms with E-state index >= 15 is 0 Å². The molecule has 0 unspecified atom stereocenters. The number of hydrogen-bond acceptors (Lipinski definition) is 3. The first-order valence-electron chi connectivity index (χ1n) is 7.61. The van der Waals surface area contributed by atoms with Crippen molar-refractivity contribution in [1.82, 2.24) is 0 Å². The molecule has 0 atom stereocenters. The highest BCUT2D eigenvalue weighted by molar-refractivity contribution is 5.61. The fourth-order valence-electron chi connectivity index (χ4n) is 2.48. The highest BCUT2D eigenvalue weighted by Gasteiger charge is 2.17. The largest absolute Gasteiger partial charge is 0.489 e. The van der Waals surface area contributed by atoms with Crippen molar-refractivity contribution in [2.24, 2.45) is 17.8 Å². The molecule has 114 valence electrons. The van der Waals surface area contributed by atoms with Gasteiger partial charge in [-0.25, -0.2) is 0 Å². The lowest BCUT2D eigenvalue weighted by atomic mass is 9.85. The molecule has 0 aliphatic rings. The third-order valence-corrected chi connectivity index (χ3v) is 3.63. The topological polar surface area (TPSA) is 47.3 Å². The third kappa shape index (κ3) is 4.95. The maximum atomic E-state index is 5.94. The summed E-state index contributed by atoms with van der Waals surface area (Å²) in [4.78, 5) is 0. The number of benzene rings is 1. The number of nitrogen functional groups attached to an aromatic ring is 1. The zero-order valence-corrected chi connectivity index (χ0v) is 13.7. The Balaban J connectivity index is 2.73. The average molecular weight is 278 g/mol. The van der Waals surface area contributed by atoms with Gasteiger partial charge in [-0.05, 0) is 43.7 Å². The number of nitrogens with two attached hydrogens (primary N) is 1. The molecular weight excluding hydrogens is 248 g/mol. The van der Waals surface area contributed by atoms with Crippen molar-refractivity contribution in [2.45, 2.75) is 47.6 Å². The monoisotopic (exact) mass is 278 g/mol. The summed E-state index contributed by atoms with van der Waals surface area (Å²) in [5.41, 5.74) is 7.70. The Labute approximate surface area is 123 Å². The van der Waals surface area contributed by atoms with Gasteiger partial charge in [0.1, 0.15) is 5.75 Å². The molecule has 0 heterocycles. The predicted octanol–water partition coefficient (Wildman–Crippen LogP) is 4.40. The minimum Gasteiger partial charge on any atom is -0.489 e. The zero-order valence-electron chi connectivity index (χ0n) is 13.7. The van der Waals surface area contributed by atoms with E-state index in [1.165, 1.54) is 0 Å². The molecule has 0 bridgehead atoms. The number of hydrogen-bond donors (Lipinski definition) is 2. The molecule has 0 radical (unpaired) electrons. The molecule has 1 aromatic rings. The minimum absolute atomic E-state index is 0.131. The van der Waals surface area contributed by atoms with Crippen LogP contribution in [0.1, 0.15) is 41.5 Å². The number of anilines is 2. The second kappa shape index (κ2) is 7.41. The molecule has 0 amide bonds. The third-order valence-electron chi connectivity index (χ3n) is 3.63. The maximum Gasteiger partial charge on any atom is 0.144 e. The van der Waals surface area contributed by atoms with Gasteiger partial charge in [0.15, 0.2) is 0 Å². The van der Waals surface area contributed by atoms with Crippen LogP contribution in [-0.4, -0.2) is 12.6 Å². The van der Waals surface area contributed by atoms with Crippen LogP contribution in [0.2, 0.25) is 0 Å². The molecule has 3 heteroatoms. The first-order chi connectivity index (χ1) is 9.31. The summed E-state index contributed by atoms with van der Waals surface area (Å²) < 4.78 is 5.72. The molecular formula is C17H30N2O. The first-order valence-corrected chi connectivity index (χ1v) is 7.61. The molecule has 0 saturated heterocycles. The van der Waals surface area contributed by atoms with E-state index in [2.05, 4.69) is 33.0 Å². The van der Waals surface area contributed by atoms with Crippen molar-refractivity contribution in [2.75, 3.05) is 17.6 Å². The molecule has 0 fully saturated rings. The average Bonchev–Trinajstić information content (AvgIpc) is 2.31. The Hall–Kier alpha value is -1.38. The van der Waals surface area contributed by atoms with Crippen molar-refractivity contribution in [3.8, 4) is 5.75 Å². The quantitative estimate of drug-likeness (QED) is 0.727. The van der Waals surface area contributed by atoms with Crippen molar-refractivity contribution in [3.63, 3.8) is 0 Å². The molecule has 0 aromatic heterocycles. The van der Waals surface area contributed by atoms with Crippen molar-refractivity contribution >= 4 is 11.4 Å². The van der Waals surface area contributed by atoms with E-state index in [4.69, 9.17) is 10.5 Å². The van der Waals surface area contributed by atoms with E-state index in [9.17, 15) is 0 Å². The van der Waals surface area contributed by atoms with Gasteiger partial charge in [0.2, 0.25) is 0 Å². The standard InChI is InChI=1S/C17H30N2O/c1-11(2)15(12(3)4)10-19-14-7-8-16(18)17(9-14)20-13(5)6/h7-9,11-13,15,19H,10,18H2,1-6H3. The normalized spacial score (nSPS) is 11.7. The Bertz CT molecular complexity index is 405. The van der Waals surface area contributed by atoms with Crippen LogP contribution in [0.4, 0.5) is 11.4 Å². The van der Waals surface area contributed by atoms with Gasteiger partial charge in [-0.2, -0.15) is 0 Å². The first kappa shape index (κ1) is 16.7. The molecule has 3 nitrogen and oxygen atoms in total. The van der Waals surface area contributed by atoms with Crippen LogP contribution in [0.3, 0.4) is 0 Å². The summed E-state index contributed by atoms with van der Waals surface area (Å²) >= 11 is 0. The molecule has 3 N–H and O–H groups in total. The van der Waals surface area contributed by atoms with Gasteiger partial charge < -0.3 is 15.8 Å². The van der Waals surface area contributed by atoms with Crippen LogP contribution >= 0.6 is 0 Å². The van der Waals surface area contributed by atoms with Crippen LogP contribution in [0.5, 0.6) is 5.75 Å². The molecule has 1 aromatic carbocycles. The zero-order chi connectivity index (χ0) is 15.3. The number of nitrogens with one attached hydrogen (secondary N) is 1. The lowest BCUT2D eigenvalue weighted by Gasteiger charge is -2.25. The van der Waals surface area contributed by atoms with Gasteiger partial charge in [0.05, 0.1) is 11.8 Å². The fourth-order valence-corrected chi connectivity index (χ4v) is 2.48.